The summed E-state index contributed by atoms with van der Waals surface area (Å²) in [4.78, 5) is 11.9. The number of halogens is 1. The van der Waals surface area contributed by atoms with Gasteiger partial charge in [0.2, 0.25) is 0 Å². The van der Waals surface area contributed by atoms with Crippen LogP contribution in [-0.4, -0.2) is 6.29 Å². The van der Waals surface area contributed by atoms with E-state index >= 15 is 0 Å². The third kappa shape index (κ3) is 2.87. The van der Waals surface area contributed by atoms with Crippen LogP contribution < -0.4 is 4.74 Å². The highest BCUT2D eigenvalue weighted by Gasteiger charge is 2.07. The summed E-state index contributed by atoms with van der Waals surface area (Å²) in [5, 5.41) is 0. The fraction of sp³-hybridized carbons (Fsp3) is 0.154. The van der Waals surface area contributed by atoms with Crippen molar-refractivity contribution in [2.45, 2.75) is 13.5 Å². The van der Waals surface area contributed by atoms with Crippen molar-refractivity contribution < 1.29 is 9.53 Å². The first-order valence-electron chi connectivity index (χ1n) is 5.12. The fourth-order valence-corrected chi connectivity index (χ4v) is 2.54. The minimum Gasteiger partial charge on any atom is -0.487 e. The highest BCUT2D eigenvalue weighted by molar-refractivity contribution is 7.16. The number of aryl methyl sites for hydroxylation is 1. The van der Waals surface area contributed by atoms with E-state index < -0.39 is 0 Å². The molecular formula is C13H11ClO2S. The van der Waals surface area contributed by atoms with Crippen molar-refractivity contribution in [3.8, 4) is 5.75 Å². The fourth-order valence-electron chi connectivity index (χ4n) is 1.54. The number of para-hydroxylation sites is 1. The Bertz CT molecular complexity index is 534. The Hall–Kier alpha value is -1.32. The number of carbonyl (C=O) groups is 1. The number of thiophene rings is 1. The van der Waals surface area contributed by atoms with Crippen LogP contribution in [0.4, 0.5) is 0 Å². The zero-order valence-corrected chi connectivity index (χ0v) is 10.8. The molecule has 0 saturated carbocycles. The molecule has 0 bridgehead atoms. The molecule has 0 aliphatic heterocycles. The molecule has 0 amide bonds. The number of benzene rings is 1. The van der Waals surface area contributed by atoms with Gasteiger partial charge in [0, 0.05) is 4.88 Å². The molecule has 88 valence electrons. The average molecular weight is 267 g/mol. The van der Waals surface area contributed by atoms with E-state index in [0.717, 1.165) is 21.1 Å². The Morgan fingerprint density at radius 2 is 2.18 bits per heavy atom. The van der Waals surface area contributed by atoms with Gasteiger partial charge in [0.15, 0.2) is 6.29 Å². The van der Waals surface area contributed by atoms with Gasteiger partial charge < -0.3 is 4.74 Å². The maximum Gasteiger partial charge on any atom is 0.153 e. The van der Waals surface area contributed by atoms with Crippen LogP contribution >= 0.6 is 22.9 Å². The largest absolute Gasteiger partial charge is 0.487 e. The SMILES string of the molecule is Cc1cccc(C=O)c1OCc1ccc(Cl)s1. The lowest BCUT2D eigenvalue weighted by Gasteiger charge is -2.10. The van der Waals surface area contributed by atoms with Gasteiger partial charge in [0.1, 0.15) is 12.4 Å². The molecule has 1 heterocycles. The standard InChI is InChI=1S/C13H11ClO2S/c1-9-3-2-4-10(7-15)13(9)16-8-11-5-6-12(14)17-11/h2-7H,8H2,1H3. The van der Waals surface area contributed by atoms with Gasteiger partial charge in [-0.3, -0.25) is 4.79 Å². The molecule has 0 aliphatic rings. The van der Waals surface area contributed by atoms with E-state index in [-0.39, 0.29) is 0 Å². The van der Waals surface area contributed by atoms with Gasteiger partial charge in [-0.2, -0.15) is 0 Å². The Morgan fingerprint density at radius 1 is 1.35 bits per heavy atom. The van der Waals surface area contributed by atoms with E-state index in [0.29, 0.717) is 17.9 Å². The van der Waals surface area contributed by atoms with E-state index in [4.69, 9.17) is 16.3 Å². The van der Waals surface area contributed by atoms with Gasteiger partial charge in [0.25, 0.3) is 0 Å². The molecule has 0 N–H and O–H groups in total. The van der Waals surface area contributed by atoms with Crippen LogP contribution in [0.5, 0.6) is 5.75 Å². The van der Waals surface area contributed by atoms with Crippen LogP contribution in [0.25, 0.3) is 0 Å². The molecular weight excluding hydrogens is 256 g/mol. The predicted molar refractivity (Wildman–Crippen MR) is 70.2 cm³/mol. The van der Waals surface area contributed by atoms with Crippen LogP contribution in [0.1, 0.15) is 20.8 Å². The molecule has 0 fully saturated rings. The van der Waals surface area contributed by atoms with Crippen molar-refractivity contribution >= 4 is 29.2 Å². The summed E-state index contributed by atoms with van der Waals surface area (Å²) in [6, 6.07) is 9.27. The highest BCUT2D eigenvalue weighted by atomic mass is 35.5. The summed E-state index contributed by atoms with van der Waals surface area (Å²) in [7, 11) is 0. The minimum absolute atomic E-state index is 0.434. The first kappa shape index (κ1) is 12.1. The second-order valence-electron chi connectivity index (χ2n) is 3.61. The maximum absolute atomic E-state index is 10.9. The number of ether oxygens (including phenoxy) is 1. The van der Waals surface area contributed by atoms with Gasteiger partial charge >= 0.3 is 0 Å². The zero-order chi connectivity index (χ0) is 12.3. The normalized spacial score (nSPS) is 10.2. The third-order valence-corrected chi connectivity index (χ3v) is 3.56. The van der Waals surface area contributed by atoms with Gasteiger partial charge in [-0.1, -0.05) is 23.7 Å². The number of hydrogen-bond acceptors (Lipinski definition) is 3. The monoisotopic (exact) mass is 266 g/mol. The highest BCUT2D eigenvalue weighted by Crippen LogP contribution is 2.26. The van der Waals surface area contributed by atoms with Crippen molar-refractivity contribution in [3.63, 3.8) is 0 Å². The van der Waals surface area contributed by atoms with Crippen LogP contribution in [0.15, 0.2) is 30.3 Å². The molecule has 0 radical (unpaired) electrons. The molecule has 0 unspecified atom stereocenters. The minimum atomic E-state index is 0.434. The molecule has 0 aliphatic carbocycles. The Morgan fingerprint density at radius 3 is 2.82 bits per heavy atom. The second-order valence-corrected chi connectivity index (χ2v) is 5.41. The van der Waals surface area contributed by atoms with Gasteiger partial charge in [-0.25, -0.2) is 0 Å². The molecule has 17 heavy (non-hydrogen) atoms. The maximum atomic E-state index is 10.9. The first-order chi connectivity index (χ1) is 8.20. The van der Waals surface area contributed by atoms with E-state index in [1.165, 1.54) is 11.3 Å². The lowest BCUT2D eigenvalue weighted by Crippen LogP contribution is -1.98. The van der Waals surface area contributed by atoms with Crippen LogP contribution in [-0.2, 0) is 6.61 Å². The summed E-state index contributed by atoms with van der Waals surface area (Å²) in [6.07, 6.45) is 0.809. The average Bonchev–Trinajstić information content (AvgIpc) is 2.73. The van der Waals surface area contributed by atoms with E-state index in [2.05, 4.69) is 0 Å². The second kappa shape index (κ2) is 5.34. The molecule has 0 saturated heterocycles. The summed E-state index contributed by atoms with van der Waals surface area (Å²) >= 11 is 7.32. The number of aldehydes is 1. The van der Waals surface area contributed by atoms with Gasteiger partial charge in [0.05, 0.1) is 9.90 Å². The molecule has 0 spiro atoms. The van der Waals surface area contributed by atoms with E-state index in [9.17, 15) is 4.79 Å². The zero-order valence-electron chi connectivity index (χ0n) is 9.27. The third-order valence-electron chi connectivity index (χ3n) is 2.36. The predicted octanol–water partition coefficient (Wildman–Crippen LogP) is 4.10. The Balaban J connectivity index is 2.16. The Kier molecular flexibility index (Phi) is 3.82. The summed E-state index contributed by atoms with van der Waals surface area (Å²) in [5.41, 5.74) is 1.53. The molecule has 4 heteroatoms. The van der Waals surface area contributed by atoms with Crippen molar-refractivity contribution in [1.29, 1.82) is 0 Å². The van der Waals surface area contributed by atoms with Crippen LogP contribution in [0.2, 0.25) is 4.34 Å². The number of hydrogen-bond donors (Lipinski definition) is 0. The van der Waals surface area contributed by atoms with Crippen molar-refractivity contribution in [2.24, 2.45) is 0 Å². The van der Waals surface area contributed by atoms with Crippen LogP contribution in [0, 0.1) is 6.92 Å². The summed E-state index contributed by atoms with van der Waals surface area (Å²) in [6.45, 7) is 2.35. The molecule has 0 atom stereocenters. The lowest BCUT2D eigenvalue weighted by molar-refractivity contribution is 0.111. The van der Waals surface area contributed by atoms with Gasteiger partial charge in [-0.15, -0.1) is 11.3 Å². The molecule has 2 rings (SSSR count). The molecule has 1 aromatic heterocycles. The summed E-state index contributed by atoms with van der Waals surface area (Å²) < 4.78 is 6.42. The molecule has 2 aromatic rings. The van der Waals surface area contributed by atoms with Crippen molar-refractivity contribution in [2.75, 3.05) is 0 Å². The Labute approximate surface area is 109 Å². The van der Waals surface area contributed by atoms with Gasteiger partial charge in [-0.05, 0) is 30.7 Å². The number of rotatable bonds is 4. The van der Waals surface area contributed by atoms with Crippen molar-refractivity contribution in [3.05, 3.63) is 50.7 Å². The smallest absolute Gasteiger partial charge is 0.153 e. The molecule has 2 nitrogen and oxygen atoms in total. The summed E-state index contributed by atoms with van der Waals surface area (Å²) in [5.74, 6) is 0.645. The topological polar surface area (TPSA) is 26.3 Å². The van der Waals surface area contributed by atoms with E-state index in [1.54, 1.807) is 6.07 Å². The van der Waals surface area contributed by atoms with E-state index in [1.807, 2.05) is 31.2 Å². The first-order valence-corrected chi connectivity index (χ1v) is 6.32. The quantitative estimate of drug-likeness (QED) is 0.779. The number of carbonyl (C=O) groups excluding carboxylic acids is 1. The van der Waals surface area contributed by atoms with Crippen LogP contribution in [0.3, 0.4) is 0 Å². The van der Waals surface area contributed by atoms with Crippen molar-refractivity contribution in [1.82, 2.24) is 0 Å². The molecule has 1 aromatic carbocycles. The lowest BCUT2D eigenvalue weighted by atomic mass is 10.1.